The Morgan fingerprint density at radius 2 is 2.12 bits per heavy atom. The first-order chi connectivity index (χ1) is 8.24. The number of hydrogen-bond acceptors (Lipinski definition) is 3. The number of carbonyl (C=O) groups is 1. The molecule has 0 radical (unpaired) electrons. The van der Waals surface area contributed by atoms with Crippen LogP contribution in [0.4, 0.5) is 10.7 Å². The molecule has 0 bridgehead atoms. The Kier molecular flexibility index (Phi) is 3.34. The summed E-state index contributed by atoms with van der Waals surface area (Å²) in [6.45, 7) is 2.49. The highest BCUT2D eigenvalue weighted by Gasteiger charge is 2.02. The lowest BCUT2D eigenvalue weighted by molar-refractivity contribution is 0.251. The van der Waals surface area contributed by atoms with Gasteiger partial charge in [-0.15, -0.1) is 0 Å². The maximum atomic E-state index is 11.4. The van der Waals surface area contributed by atoms with Crippen molar-refractivity contribution in [3.05, 3.63) is 41.7 Å². The first-order valence-electron chi connectivity index (χ1n) is 5.20. The number of carbonyl (C=O) groups excluding carboxylic acids is 1. The molecule has 6 nitrogen and oxygen atoms in total. The van der Waals surface area contributed by atoms with Crippen molar-refractivity contribution in [2.24, 2.45) is 0 Å². The smallest absolute Gasteiger partial charge is 0.321 e. The van der Waals surface area contributed by atoms with Crippen LogP contribution in [0, 0.1) is 6.92 Å². The van der Waals surface area contributed by atoms with E-state index in [4.69, 9.17) is 0 Å². The van der Waals surface area contributed by atoms with E-state index in [1.54, 1.807) is 0 Å². The molecule has 0 atom stereocenters. The van der Waals surface area contributed by atoms with Crippen LogP contribution in [0.5, 0.6) is 0 Å². The third-order valence-corrected chi connectivity index (χ3v) is 2.22. The van der Waals surface area contributed by atoms with Crippen LogP contribution in [-0.4, -0.2) is 21.2 Å². The van der Waals surface area contributed by atoms with Crippen LogP contribution in [0.1, 0.15) is 11.1 Å². The lowest BCUT2D eigenvalue weighted by Crippen LogP contribution is -2.28. The molecular formula is C11H13N5O. The summed E-state index contributed by atoms with van der Waals surface area (Å²) in [5, 5.41) is 11.4. The summed E-state index contributed by atoms with van der Waals surface area (Å²) in [5.74, 6) is 0.325. The van der Waals surface area contributed by atoms with Crippen LogP contribution >= 0.6 is 0 Å². The number of hydrogen-bond donors (Lipinski definition) is 3. The summed E-state index contributed by atoms with van der Waals surface area (Å²) >= 11 is 0. The van der Waals surface area contributed by atoms with Crippen molar-refractivity contribution >= 4 is 12.0 Å². The molecule has 2 rings (SSSR count). The maximum Gasteiger partial charge on any atom is 0.321 e. The number of urea groups is 1. The molecule has 0 aliphatic heterocycles. The van der Waals surface area contributed by atoms with Gasteiger partial charge in [0.1, 0.15) is 6.33 Å². The first-order valence-corrected chi connectivity index (χ1v) is 5.20. The van der Waals surface area contributed by atoms with Gasteiger partial charge in [-0.1, -0.05) is 29.8 Å². The Bertz CT molecular complexity index is 477. The molecule has 1 heterocycles. The van der Waals surface area contributed by atoms with Gasteiger partial charge in [0.2, 0.25) is 5.95 Å². The number of nitrogens with zero attached hydrogens (tertiary/aromatic N) is 2. The Morgan fingerprint density at radius 3 is 2.76 bits per heavy atom. The minimum atomic E-state index is -0.317. The van der Waals surface area contributed by atoms with Crippen molar-refractivity contribution < 1.29 is 4.79 Å². The second kappa shape index (κ2) is 5.11. The highest BCUT2D eigenvalue weighted by Crippen LogP contribution is 2.02. The average Bonchev–Trinajstić information content (AvgIpc) is 2.81. The molecule has 6 heteroatoms. The molecule has 0 saturated carbocycles. The van der Waals surface area contributed by atoms with Crippen LogP contribution in [0.25, 0.3) is 0 Å². The summed E-state index contributed by atoms with van der Waals surface area (Å²) in [6.07, 6.45) is 1.33. The molecule has 0 saturated heterocycles. The van der Waals surface area contributed by atoms with Crippen molar-refractivity contribution in [2.45, 2.75) is 13.5 Å². The van der Waals surface area contributed by atoms with Gasteiger partial charge in [-0.3, -0.25) is 5.32 Å². The van der Waals surface area contributed by atoms with E-state index < -0.39 is 0 Å². The van der Waals surface area contributed by atoms with Crippen molar-refractivity contribution in [1.29, 1.82) is 0 Å². The van der Waals surface area contributed by atoms with Gasteiger partial charge in [-0.2, -0.15) is 10.1 Å². The lowest BCUT2D eigenvalue weighted by atomic mass is 10.1. The van der Waals surface area contributed by atoms with E-state index in [2.05, 4.69) is 25.8 Å². The monoisotopic (exact) mass is 231 g/mol. The molecule has 17 heavy (non-hydrogen) atoms. The highest BCUT2D eigenvalue weighted by atomic mass is 16.2. The summed E-state index contributed by atoms with van der Waals surface area (Å²) in [5.41, 5.74) is 2.24. The number of aromatic amines is 1. The second-order valence-electron chi connectivity index (χ2n) is 3.63. The zero-order chi connectivity index (χ0) is 12.1. The largest absolute Gasteiger partial charge is 0.334 e. The topological polar surface area (TPSA) is 82.7 Å². The van der Waals surface area contributed by atoms with Gasteiger partial charge in [0.05, 0.1) is 0 Å². The van der Waals surface area contributed by atoms with Crippen molar-refractivity contribution in [2.75, 3.05) is 5.32 Å². The van der Waals surface area contributed by atoms with E-state index in [9.17, 15) is 4.79 Å². The Balaban J connectivity index is 1.82. The van der Waals surface area contributed by atoms with E-state index in [0.29, 0.717) is 12.5 Å². The molecule has 1 aromatic carbocycles. The van der Waals surface area contributed by atoms with E-state index in [0.717, 1.165) is 5.56 Å². The number of nitrogens with one attached hydrogen (secondary N) is 3. The molecule has 1 aromatic heterocycles. The first kappa shape index (κ1) is 11.1. The second-order valence-corrected chi connectivity index (χ2v) is 3.63. The molecule has 88 valence electrons. The molecular weight excluding hydrogens is 218 g/mol. The zero-order valence-electron chi connectivity index (χ0n) is 9.40. The van der Waals surface area contributed by atoms with E-state index >= 15 is 0 Å². The summed E-state index contributed by atoms with van der Waals surface area (Å²) in [7, 11) is 0. The van der Waals surface area contributed by atoms with Crippen LogP contribution < -0.4 is 10.6 Å². The minimum Gasteiger partial charge on any atom is -0.334 e. The molecule has 3 N–H and O–H groups in total. The predicted molar refractivity (Wildman–Crippen MR) is 63.4 cm³/mol. The van der Waals surface area contributed by atoms with Crippen LogP contribution in [0.15, 0.2) is 30.6 Å². The average molecular weight is 231 g/mol. The number of benzene rings is 1. The van der Waals surface area contributed by atoms with Crippen LogP contribution in [0.2, 0.25) is 0 Å². The van der Waals surface area contributed by atoms with E-state index in [1.165, 1.54) is 11.9 Å². The molecule has 0 unspecified atom stereocenters. The minimum absolute atomic E-state index is 0.317. The summed E-state index contributed by atoms with van der Waals surface area (Å²) < 4.78 is 0. The van der Waals surface area contributed by atoms with E-state index in [1.807, 2.05) is 31.2 Å². The van der Waals surface area contributed by atoms with Gasteiger partial charge in [0.15, 0.2) is 0 Å². The Hall–Kier alpha value is -2.37. The summed E-state index contributed by atoms with van der Waals surface area (Å²) in [4.78, 5) is 15.2. The van der Waals surface area contributed by atoms with Crippen molar-refractivity contribution in [3.63, 3.8) is 0 Å². The molecule has 0 aliphatic carbocycles. The SMILES string of the molecule is Cc1ccc(CNC(=O)Nc2ncn[nH]2)cc1. The van der Waals surface area contributed by atoms with Crippen LogP contribution in [0.3, 0.4) is 0 Å². The number of anilines is 1. The number of H-pyrrole nitrogens is 1. The number of aryl methyl sites for hydroxylation is 1. The maximum absolute atomic E-state index is 11.4. The number of aromatic nitrogens is 3. The fourth-order valence-corrected chi connectivity index (χ4v) is 1.31. The zero-order valence-corrected chi connectivity index (χ0v) is 9.40. The Labute approximate surface area is 98.5 Å². The van der Waals surface area contributed by atoms with Gasteiger partial charge in [-0.05, 0) is 12.5 Å². The number of rotatable bonds is 3. The van der Waals surface area contributed by atoms with E-state index in [-0.39, 0.29) is 6.03 Å². The molecule has 0 aliphatic rings. The van der Waals surface area contributed by atoms with Gasteiger partial charge in [0, 0.05) is 6.54 Å². The molecule has 0 fully saturated rings. The quantitative estimate of drug-likeness (QED) is 0.747. The van der Waals surface area contributed by atoms with Gasteiger partial charge in [-0.25, -0.2) is 9.89 Å². The number of amides is 2. The molecule has 2 amide bonds. The molecule has 0 spiro atoms. The van der Waals surface area contributed by atoms with Crippen molar-refractivity contribution in [3.8, 4) is 0 Å². The Morgan fingerprint density at radius 1 is 1.35 bits per heavy atom. The highest BCUT2D eigenvalue weighted by molar-refractivity contribution is 5.87. The van der Waals surface area contributed by atoms with Crippen LogP contribution in [-0.2, 0) is 6.54 Å². The standard InChI is InChI=1S/C11H13N5O/c1-8-2-4-9(5-3-8)6-12-11(17)15-10-13-7-14-16-10/h2-5,7H,6H2,1H3,(H3,12,13,14,15,16,17). The molecule has 2 aromatic rings. The third-order valence-electron chi connectivity index (χ3n) is 2.22. The fraction of sp³-hybridized carbons (Fsp3) is 0.182. The summed E-state index contributed by atoms with van der Waals surface area (Å²) in [6, 6.07) is 7.65. The van der Waals surface area contributed by atoms with Gasteiger partial charge in [0.25, 0.3) is 0 Å². The third kappa shape index (κ3) is 3.30. The van der Waals surface area contributed by atoms with Gasteiger partial charge >= 0.3 is 6.03 Å². The normalized spacial score (nSPS) is 9.94. The fourth-order valence-electron chi connectivity index (χ4n) is 1.31. The predicted octanol–water partition coefficient (Wildman–Crippen LogP) is 1.43. The van der Waals surface area contributed by atoms with Crippen molar-refractivity contribution in [1.82, 2.24) is 20.5 Å². The lowest BCUT2D eigenvalue weighted by Gasteiger charge is -2.05. The van der Waals surface area contributed by atoms with Gasteiger partial charge < -0.3 is 5.32 Å².